The Kier molecular flexibility index (Phi) is 3.42. The first-order valence-corrected chi connectivity index (χ1v) is 6.59. The Labute approximate surface area is 109 Å². The van der Waals surface area contributed by atoms with Crippen molar-refractivity contribution in [2.24, 2.45) is 16.8 Å². The van der Waals surface area contributed by atoms with Gasteiger partial charge in [-0.3, -0.25) is 4.79 Å². The number of nitrogens with zero attached hydrogens (tertiary/aromatic N) is 1. The molecule has 0 bridgehead atoms. The maximum Gasteiger partial charge on any atom is 0.212 e. The van der Waals surface area contributed by atoms with E-state index >= 15 is 0 Å². The molecular weight excluding hydrogens is 226 g/mol. The van der Waals surface area contributed by atoms with E-state index in [1.165, 1.54) is 0 Å². The molecule has 0 amide bonds. The first-order chi connectivity index (χ1) is 8.44. The molecule has 0 saturated carbocycles. The molecule has 0 aromatic rings. The number of carbonyl (C=O) groups is 1. The molecule has 0 aromatic heterocycles. The van der Waals surface area contributed by atoms with Crippen molar-refractivity contribution in [2.75, 3.05) is 6.61 Å². The van der Waals surface area contributed by atoms with Gasteiger partial charge in [0.25, 0.3) is 0 Å². The van der Waals surface area contributed by atoms with Crippen LogP contribution in [0.15, 0.2) is 28.8 Å². The van der Waals surface area contributed by atoms with E-state index in [0.717, 1.165) is 5.57 Å². The zero-order chi connectivity index (χ0) is 13.3. The van der Waals surface area contributed by atoms with Crippen molar-refractivity contribution >= 4 is 11.7 Å². The molecule has 0 fully saturated rings. The summed E-state index contributed by atoms with van der Waals surface area (Å²) in [5.41, 5.74) is 0.899. The largest absolute Gasteiger partial charge is 0.475 e. The van der Waals surface area contributed by atoms with E-state index in [4.69, 9.17) is 4.74 Å². The van der Waals surface area contributed by atoms with Crippen LogP contribution in [0.25, 0.3) is 0 Å². The molecule has 2 aliphatic rings. The molecule has 3 heteroatoms. The lowest BCUT2D eigenvalue weighted by Crippen LogP contribution is -2.26. The molecule has 0 N–H and O–H groups in total. The lowest BCUT2D eigenvalue weighted by molar-refractivity contribution is -0.122. The third kappa shape index (κ3) is 2.40. The Hall–Kier alpha value is -1.38. The summed E-state index contributed by atoms with van der Waals surface area (Å²) < 4.78 is 5.68. The molecule has 1 aliphatic carbocycles. The second-order valence-corrected chi connectivity index (χ2v) is 5.66. The van der Waals surface area contributed by atoms with Gasteiger partial charge in [-0.1, -0.05) is 32.1 Å². The number of rotatable bonds is 3. The standard InChI is InChI=1S/C15H21NO2/c1-5-13(17)11-7-6-8-12(10(11)2)14-16-15(3,4)9-18-14/h6-8,10-11H,5,9H2,1-4H3/t10-,11+/m1/s1. The third-order valence-corrected chi connectivity index (χ3v) is 3.56. The summed E-state index contributed by atoms with van der Waals surface area (Å²) >= 11 is 0. The van der Waals surface area contributed by atoms with Crippen molar-refractivity contribution in [2.45, 2.75) is 39.7 Å². The summed E-state index contributed by atoms with van der Waals surface area (Å²) in [6.07, 6.45) is 6.53. The summed E-state index contributed by atoms with van der Waals surface area (Å²) in [5, 5.41) is 0. The number of Topliss-reactive ketones (excluding diaryl/α,β-unsaturated/α-hetero) is 1. The fraction of sp³-hybridized carbons (Fsp3) is 0.600. The van der Waals surface area contributed by atoms with Gasteiger partial charge in [0.15, 0.2) is 0 Å². The number of hydrogen-bond donors (Lipinski definition) is 0. The first kappa shape index (κ1) is 13.1. The van der Waals surface area contributed by atoms with Gasteiger partial charge in [0.1, 0.15) is 12.4 Å². The van der Waals surface area contributed by atoms with Gasteiger partial charge in [-0.25, -0.2) is 4.99 Å². The zero-order valence-corrected chi connectivity index (χ0v) is 11.6. The molecule has 1 aliphatic heterocycles. The topological polar surface area (TPSA) is 38.7 Å². The lowest BCUT2D eigenvalue weighted by Gasteiger charge is -2.24. The van der Waals surface area contributed by atoms with Gasteiger partial charge in [-0.15, -0.1) is 0 Å². The first-order valence-electron chi connectivity index (χ1n) is 6.59. The van der Waals surface area contributed by atoms with E-state index in [9.17, 15) is 4.79 Å². The van der Waals surface area contributed by atoms with E-state index in [-0.39, 0.29) is 23.2 Å². The molecule has 1 heterocycles. The van der Waals surface area contributed by atoms with Crippen LogP contribution in [0.4, 0.5) is 0 Å². The monoisotopic (exact) mass is 247 g/mol. The number of ether oxygens (including phenoxy) is 1. The van der Waals surface area contributed by atoms with Crippen LogP contribution in [0.5, 0.6) is 0 Å². The molecule has 18 heavy (non-hydrogen) atoms. The SMILES string of the molecule is CCC(=O)[C@H]1C=CC=C(C2=NC(C)(C)CO2)[C@@H]1C. The summed E-state index contributed by atoms with van der Waals surface area (Å²) in [4.78, 5) is 16.5. The van der Waals surface area contributed by atoms with Crippen molar-refractivity contribution in [3.63, 3.8) is 0 Å². The normalized spacial score (nSPS) is 29.6. The maximum atomic E-state index is 11.9. The van der Waals surface area contributed by atoms with Crippen LogP contribution in [-0.4, -0.2) is 23.8 Å². The summed E-state index contributed by atoms with van der Waals surface area (Å²) in [7, 11) is 0. The van der Waals surface area contributed by atoms with Gasteiger partial charge in [0, 0.05) is 17.9 Å². The second kappa shape index (κ2) is 4.71. The van der Waals surface area contributed by atoms with E-state index in [1.807, 2.05) is 25.2 Å². The van der Waals surface area contributed by atoms with E-state index < -0.39 is 0 Å². The molecule has 3 nitrogen and oxygen atoms in total. The van der Waals surface area contributed by atoms with Crippen LogP contribution in [0, 0.1) is 11.8 Å². The average Bonchev–Trinajstić information content (AvgIpc) is 2.69. The molecule has 2 rings (SSSR count). The minimum Gasteiger partial charge on any atom is -0.475 e. The molecule has 0 saturated heterocycles. The Morgan fingerprint density at radius 1 is 1.56 bits per heavy atom. The van der Waals surface area contributed by atoms with Gasteiger partial charge >= 0.3 is 0 Å². The average molecular weight is 247 g/mol. The van der Waals surface area contributed by atoms with Crippen LogP contribution in [0.2, 0.25) is 0 Å². The molecule has 0 spiro atoms. The van der Waals surface area contributed by atoms with Crippen molar-refractivity contribution in [3.05, 3.63) is 23.8 Å². The van der Waals surface area contributed by atoms with Gasteiger partial charge in [-0.05, 0) is 19.8 Å². The lowest BCUT2D eigenvalue weighted by atomic mass is 9.80. The predicted molar refractivity (Wildman–Crippen MR) is 72.6 cm³/mol. The molecule has 2 atom stereocenters. The van der Waals surface area contributed by atoms with Crippen molar-refractivity contribution in [3.8, 4) is 0 Å². The van der Waals surface area contributed by atoms with E-state index in [0.29, 0.717) is 18.9 Å². The Morgan fingerprint density at radius 2 is 2.28 bits per heavy atom. The fourth-order valence-electron chi connectivity index (χ4n) is 2.41. The Balaban J connectivity index is 2.23. The van der Waals surface area contributed by atoms with Crippen molar-refractivity contribution < 1.29 is 9.53 Å². The number of carbonyl (C=O) groups excluding carboxylic acids is 1. The maximum absolute atomic E-state index is 11.9. The molecule has 98 valence electrons. The highest BCUT2D eigenvalue weighted by atomic mass is 16.5. The highest BCUT2D eigenvalue weighted by molar-refractivity contribution is 5.97. The smallest absolute Gasteiger partial charge is 0.212 e. The van der Waals surface area contributed by atoms with Crippen LogP contribution in [0.3, 0.4) is 0 Å². The number of ketones is 1. The quantitative estimate of drug-likeness (QED) is 0.769. The highest BCUT2D eigenvalue weighted by Crippen LogP contribution is 2.32. The third-order valence-electron chi connectivity index (χ3n) is 3.56. The number of allylic oxidation sites excluding steroid dienone is 3. The number of hydrogen-bond acceptors (Lipinski definition) is 3. The van der Waals surface area contributed by atoms with Crippen molar-refractivity contribution in [1.29, 1.82) is 0 Å². The van der Waals surface area contributed by atoms with Crippen LogP contribution in [-0.2, 0) is 9.53 Å². The second-order valence-electron chi connectivity index (χ2n) is 5.66. The molecular formula is C15H21NO2. The molecule has 0 unspecified atom stereocenters. The van der Waals surface area contributed by atoms with Gasteiger partial charge in [0.2, 0.25) is 5.90 Å². The van der Waals surface area contributed by atoms with E-state index in [2.05, 4.69) is 25.8 Å². The summed E-state index contributed by atoms with van der Waals surface area (Å²) in [5.74, 6) is 1.10. The van der Waals surface area contributed by atoms with Crippen molar-refractivity contribution in [1.82, 2.24) is 0 Å². The van der Waals surface area contributed by atoms with Crippen LogP contribution in [0.1, 0.15) is 34.1 Å². The van der Waals surface area contributed by atoms with Gasteiger partial charge in [-0.2, -0.15) is 0 Å². The zero-order valence-electron chi connectivity index (χ0n) is 11.6. The summed E-state index contributed by atoms with van der Waals surface area (Å²) in [6, 6.07) is 0. The summed E-state index contributed by atoms with van der Waals surface area (Å²) in [6.45, 7) is 8.71. The van der Waals surface area contributed by atoms with E-state index in [1.54, 1.807) is 0 Å². The molecule has 0 aromatic carbocycles. The highest BCUT2D eigenvalue weighted by Gasteiger charge is 2.34. The Bertz CT molecular complexity index is 443. The minimum atomic E-state index is -0.151. The number of aliphatic imine (C=N–C) groups is 1. The Morgan fingerprint density at radius 3 is 2.83 bits per heavy atom. The molecule has 0 radical (unpaired) electrons. The van der Waals surface area contributed by atoms with Gasteiger partial charge in [0.05, 0.1) is 5.54 Å². The van der Waals surface area contributed by atoms with Crippen LogP contribution < -0.4 is 0 Å². The van der Waals surface area contributed by atoms with Crippen LogP contribution >= 0.6 is 0 Å². The fourth-order valence-corrected chi connectivity index (χ4v) is 2.41. The minimum absolute atomic E-state index is 0.0370. The van der Waals surface area contributed by atoms with Gasteiger partial charge < -0.3 is 4.74 Å². The predicted octanol–water partition coefficient (Wildman–Crippen LogP) is 2.92.